The summed E-state index contributed by atoms with van der Waals surface area (Å²) >= 11 is 1.22. The number of ether oxygens (including phenoxy) is 1. The van der Waals surface area contributed by atoms with E-state index in [0.29, 0.717) is 11.7 Å². The number of para-hydroxylation sites is 1. The minimum atomic E-state index is -0.555. The summed E-state index contributed by atoms with van der Waals surface area (Å²) in [5, 5.41) is -0.0318. The molecule has 8 heteroatoms. The minimum Gasteiger partial charge on any atom is -0.462 e. The minimum absolute atomic E-state index is 0.00351. The van der Waals surface area contributed by atoms with Gasteiger partial charge in [-0.25, -0.2) is 14.8 Å². The van der Waals surface area contributed by atoms with Gasteiger partial charge in [0.15, 0.2) is 5.16 Å². The zero-order chi connectivity index (χ0) is 19.4. The van der Waals surface area contributed by atoms with E-state index in [1.165, 1.54) is 23.5 Å². The van der Waals surface area contributed by atoms with Crippen molar-refractivity contribution in [3.8, 4) is 0 Å². The van der Waals surface area contributed by atoms with Crippen LogP contribution in [-0.4, -0.2) is 40.2 Å². The Hall–Kier alpha value is -2.61. The van der Waals surface area contributed by atoms with E-state index in [4.69, 9.17) is 10.5 Å². The molecule has 0 saturated heterocycles. The first-order chi connectivity index (χ1) is 13.0. The predicted molar refractivity (Wildman–Crippen MR) is 105 cm³/mol. The van der Waals surface area contributed by atoms with Gasteiger partial charge in [0.25, 0.3) is 0 Å². The summed E-state index contributed by atoms with van der Waals surface area (Å²) in [6.07, 6.45) is 3.27. The van der Waals surface area contributed by atoms with Crippen molar-refractivity contribution in [2.24, 2.45) is 0 Å². The predicted octanol–water partition coefficient (Wildman–Crippen LogP) is 2.70. The number of aryl methyl sites for hydroxylation is 1. The molecule has 1 aliphatic heterocycles. The molecule has 142 valence electrons. The van der Waals surface area contributed by atoms with Crippen molar-refractivity contribution in [2.75, 3.05) is 23.8 Å². The van der Waals surface area contributed by atoms with Gasteiger partial charge in [0, 0.05) is 18.4 Å². The molecule has 1 aromatic carbocycles. The zero-order valence-corrected chi connectivity index (χ0v) is 16.2. The van der Waals surface area contributed by atoms with Crippen LogP contribution >= 0.6 is 11.8 Å². The summed E-state index contributed by atoms with van der Waals surface area (Å²) in [4.78, 5) is 34.9. The molecule has 2 aromatic rings. The highest BCUT2D eigenvalue weighted by molar-refractivity contribution is 8.00. The molecule has 1 atom stereocenters. The summed E-state index contributed by atoms with van der Waals surface area (Å²) < 4.78 is 4.91. The van der Waals surface area contributed by atoms with Crippen molar-refractivity contribution in [2.45, 2.75) is 37.1 Å². The van der Waals surface area contributed by atoms with Gasteiger partial charge in [-0.1, -0.05) is 30.0 Å². The molecule has 0 aliphatic carbocycles. The Morgan fingerprint density at radius 3 is 2.89 bits per heavy atom. The Morgan fingerprint density at radius 1 is 1.37 bits per heavy atom. The van der Waals surface area contributed by atoms with E-state index < -0.39 is 5.97 Å². The molecule has 0 saturated carbocycles. The maximum absolute atomic E-state index is 13.0. The van der Waals surface area contributed by atoms with Gasteiger partial charge in [0.05, 0.1) is 11.9 Å². The van der Waals surface area contributed by atoms with Crippen molar-refractivity contribution in [3.05, 3.63) is 41.6 Å². The quantitative estimate of drug-likeness (QED) is 0.479. The van der Waals surface area contributed by atoms with Gasteiger partial charge in [-0.15, -0.1) is 0 Å². The number of esters is 1. The number of hydrogen-bond donors (Lipinski definition) is 1. The van der Waals surface area contributed by atoms with E-state index in [1.807, 2.05) is 30.0 Å². The van der Waals surface area contributed by atoms with Gasteiger partial charge in [0.1, 0.15) is 11.4 Å². The molecular formula is C19H22N4O3S. The van der Waals surface area contributed by atoms with Gasteiger partial charge in [-0.05, 0) is 38.3 Å². The number of benzene rings is 1. The number of nitrogens with zero attached hydrogens (tertiary/aromatic N) is 3. The maximum Gasteiger partial charge on any atom is 0.343 e. The molecule has 1 aromatic heterocycles. The number of rotatable bonds is 5. The van der Waals surface area contributed by atoms with Crippen LogP contribution in [0, 0.1) is 0 Å². The molecule has 0 fully saturated rings. The number of hydrogen-bond acceptors (Lipinski definition) is 7. The van der Waals surface area contributed by atoms with Crippen LogP contribution in [0.4, 0.5) is 11.5 Å². The van der Waals surface area contributed by atoms with Gasteiger partial charge < -0.3 is 15.4 Å². The molecule has 0 bridgehead atoms. The third-order valence-corrected chi connectivity index (χ3v) is 5.26. The Bertz CT molecular complexity index is 859. The zero-order valence-electron chi connectivity index (χ0n) is 15.3. The highest BCUT2D eigenvalue weighted by Gasteiger charge is 2.27. The summed E-state index contributed by atoms with van der Waals surface area (Å²) in [6, 6.07) is 7.98. The van der Waals surface area contributed by atoms with Crippen molar-refractivity contribution in [1.29, 1.82) is 0 Å². The SMILES string of the molecule is CCOC(=O)c1cnc(S[C@@H](C)C(=O)N2CCCc3ccccc32)nc1N. The monoisotopic (exact) mass is 386 g/mol. The molecule has 0 unspecified atom stereocenters. The first-order valence-corrected chi connectivity index (χ1v) is 9.74. The standard InChI is InChI=1S/C19H22N4O3S/c1-3-26-18(25)14-11-21-19(22-16(14)20)27-12(2)17(24)23-10-6-8-13-7-4-5-9-15(13)23/h4-5,7,9,11-12H,3,6,8,10H2,1-2H3,(H2,20,21,22)/t12-/m0/s1. The number of carbonyl (C=O) groups is 2. The van der Waals surface area contributed by atoms with E-state index in [-0.39, 0.29) is 29.1 Å². The molecule has 0 spiro atoms. The summed E-state index contributed by atoms with van der Waals surface area (Å²) in [5.74, 6) is -0.502. The van der Waals surface area contributed by atoms with Crippen molar-refractivity contribution in [3.63, 3.8) is 0 Å². The van der Waals surface area contributed by atoms with Crippen LogP contribution in [0.1, 0.15) is 36.2 Å². The second kappa shape index (κ2) is 8.39. The van der Waals surface area contributed by atoms with Crippen molar-refractivity contribution >= 4 is 35.1 Å². The number of nitrogen functional groups attached to an aromatic ring is 1. The van der Waals surface area contributed by atoms with Gasteiger partial charge in [-0.3, -0.25) is 4.79 Å². The fourth-order valence-corrected chi connectivity index (χ4v) is 3.80. The topological polar surface area (TPSA) is 98.4 Å². The first-order valence-electron chi connectivity index (χ1n) is 8.86. The number of amides is 1. The number of anilines is 2. The molecule has 7 nitrogen and oxygen atoms in total. The lowest BCUT2D eigenvalue weighted by atomic mass is 10.0. The number of fused-ring (bicyclic) bond motifs is 1. The average Bonchev–Trinajstić information content (AvgIpc) is 2.67. The second-order valence-electron chi connectivity index (χ2n) is 6.15. The third-order valence-electron chi connectivity index (χ3n) is 4.30. The average molecular weight is 386 g/mol. The molecular weight excluding hydrogens is 364 g/mol. The van der Waals surface area contributed by atoms with Crippen molar-refractivity contribution in [1.82, 2.24) is 9.97 Å². The molecule has 27 heavy (non-hydrogen) atoms. The maximum atomic E-state index is 13.0. The normalized spacial score (nSPS) is 14.4. The summed E-state index contributed by atoms with van der Waals surface area (Å²) in [6.45, 7) is 4.48. The third kappa shape index (κ3) is 4.21. The highest BCUT2D eigenvalue weighted by atomic mass is 32.2. The summed E-state index contributed by atoms with van der Waals surface area (Å²) in [7, 11) is 0. The van der Waals surface area contributed by atoms with Crippen LogP contribution in [0.2, 0.25) is 0 Å². The largest absolute Gasteiger partial charge is 0.462 e. The lowest BCUT2D eigenvalue weighted by molar-refractivity contribution is -0.117. The van der Waals surface area contributed by atoms with E-state index >= 15 is 0 Å². The molecule has 2 heterocycles. The fraction of sp³-hybridized carbons (Fsp3) is 0.368. The molecule has 0 radical (unpaired) electrons. The van der Waals surface area contributed by atoms with Crippen LogP contribution in [0.5, 0.6) is 0 Å². The highest BCUT2D eigenvalue weighted by Crippen LogP contribution is 2.30. The van der Waals surface area contributed by atoms with Crippen molar-refractivity contribution < 1.29 is 14.3 Å². The number of thioether (sulfide) groups is 1. The van der Waals surface area contributed by atoms with Crippen LogP contribution in [0.15, 0.2) is 35.6 Å². The first kappa shape index (κ1) is 19.2. The van der Waals surface area contributed by atoms with Crippen LogP contribution in [0.3, 0.4) is 0 Å². The van der Waals surface area contributed by atoms with Gasteiger partial charge in [-0.2, -0.15) is 0 Å². The number of carbonyl (C=O) groups excluding carboxylic acids is 2. The van der Waals surface area contributed by atoms with E-state index in [1.54, 1.807) is 6.92 Å². The second-order valence-corrected chi connectivity index (χ2v) is 7.46. The van der Waals surface area contributed by atoms with Gasteiger partial charge >= 0.3 is 5.97 Å². The van der Waals surface area contributed by atoms with Gasteiger partial charge in [0.2, 0.25) is 5.91 Å². The number of aromatic nitrogens is 2. The Morgan fingerprint density at radius 2 is 2.15 bits per heavy atom. The Kier molecular flexibility index (Phi) is 5.95. The molecule has 3 rings (SSSR count). The number of nitrogens with two attached hydrogens (primary N) is 1. The fourth-order valence-electron chi connectivity index (χ4n) is 2.99. The van der Waals surface area contributed by atoms with Crippen LogP contribution in [-0.2, 0) is 16.0 Å². The molecule has 2 N–H and O–H groups in total. The van der Waals surface area contributed by atoms with E-state index in [0.717, 1.165) is 18.5 Å². The molecule has 1 aliphatic rings. The lowest BCUT2D eigenvalue weighted by Gasteiger charge is -2.31. The van der Waals surface area contributed by atoms with Crippen LogP contribution < -0.4 is 10.6 Å². The van der Waals surface area contributed by atoms with E-state index in [9.17, 15) is 9.59 Å². The Balaban J connectivity index is 1.72. The summed E-state index contributed by atoms with van der Waals surface area (Å²) in [5.41, 5.74) is 8.14. The Labute approximate surface area is 162 Å². The van der Waals surface area contributed by atoms with E-state index in [2.05, 4.69) is 16.0 Å². The smallest absolute Gasteiger partial charge is 0.343 e. The van der Waals surface area contributed by atoms with Crippen LogP contribution in [0.25, 0.3) is 0 Å². The molecule has 1 amide bonds. The lowest BCUT2D eigenvalue weighted by Crippen LogP contribution is -2.40.